The Hall–Kier alpha value is -1.52. The Balaban J connectivity index is 1.72. The molecule has 0 spiro atoms. The van der Waals surface area contributed by atoms with Gasteiger partial charge in [-0.15, -0.1) is 0 Å². The Morgan fingerprint density at radius 3 is 2.87 bits per heavy atom. The number of ether oxygens (including phenoxy) is 1. The Labute approximate surface area is 141 Å². The molecule has 5 heteroatoms. The van der Waals surface area contributed by atoms with Crippen LogP contribution in [0.5, 0.6) is 0 Å². The molecule has 2 aromatic rings. The summed E-state index contributed by atoms with van der Waals surface area (Å²) in [4.78, 5) is 15.6. The van der Waals surface area contributed by atoms with Crippen LogP contribution in [0, 0.1) is 5.92 Å². The molecule has 1 aromatic heterocycles. The fourth-order valence-corrected chi connectivity index (χ4v) is 3.33. The molecule has 0 bridgehead atoms. The second kappa shape index (κ2) is 6.54. The highest BCUT2D eigenvalue weighted by Crippen LogP contribution is 2.31. The van der Waals surface area contributed by atoms with Crippen molar-refractivity contribution < 1.29 is 9.53 Å². The van der Waals surface area contributed by atoms with Crippen molar-refractivity contribution in [2.24, 2.45) is 5.92 Å². The normalized spacial score (nSPS) is 16.7. The van der Waals surface area contributed by atoms with Gasteiger partial charge in [0.2, 0.25) is 5.91 Å². The molecule has 0 unspecified atom stereocenters. The van der Waals surface area contributed by atoms with Gasteiger partial charge in [0.05, 0.1) is 0 Å². The van der Waals surface area contributed by atoms with Crippen LogP contribution < -0.4 is 5.32 Å². The molecule has 2 N–H and O–H groups in total. The van der Waals surface area contributed by atoms with E-state index in [4.69, 9.17) is 16.3 Å². The van der Waals surface area contributed by atoms with Crippen LogP contribution in [0.25, 0.3) is 10.9 Å². The van der Waals surface area contributed by atoms with Gasteiger partial charge in [-0.05, 0) is 36.6 Å². The van der Waals surface area contributed by atoms with E-state index in [-0.39, 0.29) is 17.2 Å². The molecular formula is C18H23ClN2O2. The summed E-state index contributed by atoms with van der Waals surface area (Å²) >= 11 is 6.13. The second-order valence-corrected chi connectivity index (χ2v) is 7.32. The van der Waals surface area contributed by atoms with Crippen molar-refractivity contribution in [3.63, 3.8) is 0 Å². The quantitative estimate of drug-likeness (QED) is 0.896. The zero-order valence-electron chi connectivity index (χ0n) is 13.6. The number of H-pyrrole nitrogens is 1. The molecule has 0 atom stereocenters. The minimum atomic E-state index is -0.177. The molecule has 1 amide bonds. The summed E-state index contributed by atoms with van der Waals surface area (Å²) in [5, 5.41) is 4.96. The van der Waals surface area contributed by atoms with E-state index >= 15 is 0 Å². The molecule has 1 aliphatic heterocycles. The second-order valence-electron chi connectivity index (χ2n) is 6.88. The van der Waals surface area contributed by atoms with Crippen LogP contribution in [0.1, 0.15) is 32.3 Å². The van der Waals surface area contributed by atoms with E-state index in [9.17, 15) is 4.79 Å². The standard InChI is InChI=1S/C18H23ClN2O2/c1-18(2,11-21-17(22)12-5-7-23-8-6-12)15-10-20-16-4-3-13(19)9-14(15)16/h3-4,9-10,12,20H,5-8,11H2,1-2H3,(H,21,22). The molecule has 1 fully saturated rings. The lowest BCUT2D eigenvalue weighted by molar-refractivity contribution is -0.128. The van der Waals surface area contributed by atoms with Crippen LogP contribution in [0.3, 0.4) is 0 Å². The Morgan fingerprint density at radius 1 is 1.39 bits per heavy atom. The lowest BCUT2D eigenvalue weighted by atomic mass is 9.84. The molecular weight excluding hydrogens is 312 g/mol. The van der Waals surface area contributed by atoms with Crippen LogP contribution in [0.15, 0.2) is 24.4 Å². The van der Waals surface area contributed by atoms with Crippen molar-refractivity contribution in [3.05, 3.63) is 35.0 Å². The summed E-state index contributed by atoms with van der Waals surface area (Å²) in [5.41, 5.74) is 2.06. The van der Waals surface area contributed by atoms with E-state index in [0.29, 0.717) is 19.8 Å². The molecule has 0 aliphatic carbocycles. The van der Waals surface area contributed by atoms with Crippen molar-refractivity contribution >= 4 is 28.4 Å². The fourth-order valence-electron chi connectivity index (χ4n) is 3.16. The number of rotatable bonds is 4. The topological polar surface area (TPSA) is 54.1 Å². The first kappa shape index (κ1) is 16.3. The number of nitrogens with one attached hydrogen (secondary N) is 2. The van der Waals surface area contributed by atoms with Crippen molar-refractivity contribution in [1.29, 1.82) is 0 Å². The van der Waals surface area contributed by atoms with Crippen molar-refractivity contribution in [1.82, 2.24) is 10.3 Å². The zero-order valence-corrected chi connectivity index (χ0v) is 14.4. The summed E-state index contributed by atoms with van der Waals surface area (Å²) in [6.07, 6.45) is 3.64. The number of aromatic nitrogens is 1. The van der Waals surface area contributed by atoms with Gasteiger partial charge < -0.3 is 15.0 Å². The minimum Gasteiger partial charge on any atom is -0.381 e. The molecule has 1 saturated heterocycles. The first-order valence-electron chi connectivity index (χ1n) is 8.10. The highest BCUT2D eigenvalue weighted by atomic mass is 35.5. The van der Waals surface area contributed by atoms with Gasteiger partial charge in [-0.2, -0.15) is 0 Å². The van der Waals surface area contributed by atoms with Gasteiger partial charge in [0.25, 0.3) is 0 Å². The van der Waals surface area contributed by atoms with Gasteiger partial charge in [-0.25, -0.2) is 0 Å². The maximum atomic E-state index is 12.3. The largest absolute Gasteiger partial charge is 0.381 e. The smallest absolute Gasteiger partial charge is 0.223 e. The van der Waals surface area contributed by atoms with Crippen LogP contribution in [0.4, 0.5) is 0 Å². The Bertz CT molecular complexity index is 702. The van der Waals surface area contributed by atoms with E-state index in [1.165, 1.54) is 5.56 Å². The Morgan fingerprint density at radius 2 is 2.13 bits per heavy atom. The molecule has 0 saturated carbocycles. The van der Waals surface area contributed by atoms with Crippen LogP contribution in [-0.2, 0) is 14.9 Å². The number of amides is 1. The van der Waals surface area contributed by atoms with Crippen LogP contribution in [-0.4, -0.2) is 30.6 Å². The van der Waals surface area contributed by atoms with E-state index in [0.717, 1.165) is 28.8 Å². The van der Waals surface area contributed by atoms with Gasteiger partial charge in [0.15, 0.2) is 0 Å². The molecule has 124 valence electrons. The number of hydrogen-bond donors (Lipinski definition) is 2. The third-order valence-corrected chi connectivity index (χ3v) is 4.90. The number of hydrogen-bond acceptors (Lipinski definition) is 2. The average molecular weight is 335 g/mol. The summed E-state index contributed by atoms with van der Waals surface area (Å²) in [6.45, 7) is 6.25. The minimum absolute atomic E-state index is 0.0805. The maximum Gasteiger partial charge on any atom is 0.223 e. The highest BCUT2D eigenvalue weighted by Gasteiger charge is 2.27. The van der Waals surface area contributed by atoms with Gasteiger partial charge in [-0.1, -0.05) is 25.4 Å². The van der Waals surface area contributed by atoms with E-state index in [1.807, 2.05) is 24.4 Å². The lowest BCUT2D eigenvalue weighted by Crippen LogP contribution is -2.41. The summed E-state index contributed by atoms with van der Waals surface area (Å²) in [6, 6.07) is 5.84. The van der Waals surface area contributed by atoms with Gasteiger partial charge in [0.1, 0.15) is 0 Å². The number of fused-ring (bicyclic) bond motifs is 1. The third-order valence-electron chi connectivity index (χ3n) is 4.67. The monoisotopic (exact) mass is 334 g/mol. The predicted octanol–water partition coefficient (Wildman–Crippen LogP) is 3.64. The van der Waals surface area contributed by atoms with Crippen molar-refractivity contribution in [2.45, 2.75) is 32.1 Å². The molecule has 3 rings (SSSR count). The number of benzene rings is 1. The molecule has 1 aromatic carbocycles. The summed E-state index contributed by atoms with van der Waals surface area (Å²) in [5.74, 6) is 0.219. The molecule has 4 nitrogen and oxygen atoms in total. The molecule has 2 heterocycles. The van der Waals surface area contributed by atoms with Crippen LogP contribution in [0.2, 0.25) is 5.02 Å². The van der Waals surface area contributed by atoms with Crippen molar-refractivity contribution in [3.8, 4) is 0 Å². The number of carbonyl (C=O) groups excluding carboxylic acids is 1. The van der Waals surface area contributed by atoms with E-state index < -0.39 is 0 Å². The van der Waals surface area contributed by atoms with Crippen molar-refractivity contribution in [2.75, 3.05) is 19.8 Å². The van der Waals surface area contributed by atoms with Gasteiger partial charge >= 0.3 is 0 Å². The molecule has 1 aliphatic rings. The molecule has 0 radical (unpaired) electrons. The summed E-state index contributed by atoms with van der Waals surface area (Å²) in [7, 11) is 0. The fraction of sp³-hybridized carbons (Fsp3) is 0.500. The average Bonchev–Trinajstić information content (AvgIpc) is 2.97. The predicted molar refractivity (Wildman–Crippen MR) is 92.9 cm³/mol. The van der Waals surface area contributed by atoms with Crippen LogP contribution >= 0.6 is 11.6 Å². The number of halogens is 1. The van der Waals surface area contributed by atoms with E-state index in [2.05, 4.69) is 24.1 Å². The number of carbonyl (C=O) groups is 1. The Kier molecular flexibility index (Phi) is 4.64. The zero-order chi connectivity index (χ0) is 16.4. The van der Waals surface area contributed by atoms with Gasteiger partial charge in [0, 0.05) is 53.2 Å². The molecule has 23 heavy (non-hydrogen) atoms. The van der Waals surface area contributed by atoms with E-state index in [1.54, 1.807) is 0 Å². The summed E-state index contributed by atoms with van der Waals surface area (Å²) < 4.78 is 5.32. The first-order valence-corrected chi connectivity index (χ1v) is 8.48. The lowest BCUT2D eigenvalue weighted by Gasteiger charge is -2.27. The number of aromatic amines is 1. The maximum absolute atomic E-state index is 12.3. The first-order chi connectivity index (χ1) is 11.0. The SMILES string of the molecule is CC(C)(CNC(=O)C1CCOCC1)c1c[nH]c2ccc(Cl)cc12. The van der Waals surface area contributed by atoms with Gasteiger partial charge in [-0.3, -0.25) is 4.79 Å². The third kappa shape index (κ3) is 3.54. The highest BCUT2D eigenvalue weighted by molar-refractivity contribution is 6.31.